The van der Waals surface area contributed by atoms with Crippen molar-refractivity contribution in [3.05, 3.63) is 113 Å². The number of pyridine rings is 1. The molecule has 1 saturated heterocycles. The van der Waals surface area contributed by atoms with Crippen LogP contribution in [0.4, 0.5) is 0 Å². The molecule has 21 heteroatoms. The first-order valence-electron chi connectivity index (χ1n) is 24.3. The molecule has 0 aliphatic carbocycles. The maximum atomic E-state index is 14.6. The number of fused-ring (bicyclic) bond motifs is 1. The van der Waals surface area contributed by atoms with Crippen LogP contribution in [0.2, 0.25) is 5.02 Å². The lowest BCUT2D eigenvalue weighted by molar-refractivity contribution is -0.142. The molecule has 1 fully saturated rings. The van der Waals surface area contributed by atoms with E-state index in [1.54, 1.807) is 42.5 Å². The van der Waals surface area contributed by atoms with Gasteiger partial charge in [-0.05, 0) is 91.1 Å². The number of likely N-dealkylation sites (tertiary alicyclic amines) is 1. The molecule has 5 rings (SSSR count). The van der Waals surface area contributed by atoms with E-state index in [0.717, 1.165) is 16.3 Å². The van der Waals surface area contributed by atoms with Gasteiger partial charge in [0.2, 0.25) is 47.3 Å². The van der Waals surface area contributed by atoms with E-state index < -0.39 is 89.6 Å². The molecular formula is C52H67ClN12O8. The molecule has 73 heavy (non-hydrogen) atoms. The summed E-state index contributed by atoms with van der Waals surface area (Å²) in [4.78, 5) is 120. The highest BCUT2D eigenvalue weighted by Crippen LogP contribution is 2.21. The third-order valence-electron chi connectivity index (χ3n) is 12.2. The summed E-state index contributed by atoms with van der Waals surface area (Å²) in [6, 6.07) is 17.1. The molecule has 3 aromatic carbocycles. The van der Waals surface area contributed by atoms with Crippen LogP contribution in [0.3, 0.4) is 0 Å². The first-order chi connectivity index (χ1) is 34.8. The maximum Gasteiger partial charge on any atom is 0.245 e. The molecule has 2 heterocycles. The highest BCUT2D eigenvalue weighted by Gasteiger charge is 2.39. The first kappa shape index (κ1) is 56.3. The van der Waals surface area contributed by atoms with Gasteiger partial charge in [-0.3, -0.25) is 48.3 Å². The second-order valence-electron chi connectivity index (χ2n) is 18.6. The molecule has 0 unspecified atom stereocenters. The van der Waals surface area contributed by atoms with Crippen LogP contribution < -0.4 is 49.1 Å². The summed E-state index contributed by atoms with van der Waals surface area (Å²) in [7, 11) is 0. The fourth-order valence-corrected chi connectivity index (χ4v) is 8.62. The van der Waals surface area contributed by atoms with Crippen molar-refractivity contribution in [2.45, 2.75) is 121 Å². The fraction of sp³-hybridized carbons (Fsp3) is 0.423. The number of amides is 8. The number of hydrogen-bond acceptors (Lipinski definition) is 10. The second kappa shape index (κ2) is 27.3. The van der Waals surface area contributed by atoms with Crippen LogP contribution in [0.5, 0.6) is 0 Å². The van der Waals surface area contributed by atoms with Crippen LogP contribution in [-0.2, 0) is 57.6 Å². The Morgan fingerprint density at radius 2 is 1.26 bits per heavy atom. The molecule has 0 radical (unpaired) electrons. The molecule has 0 spiro atoms. The zero-order valence-corrected chi connectivity index (χ0v) is 42.3. The first-order valence-corrected chi connectivity index (χ1v) is 24.7. The topological polar surface area (TPSA) is 315 Å². The van der Waals surface area contributed by atoms with E-state index in [9.17, 15) is 38.4 Å². The zero-order valence-electron chi connectivity index (χ0n) is 41.6. The number of carbonyl (C=O) groups excluding carboxylic acids is 8. The SMILES string of the molecule is CC(=O)N[C@H](Cc1ccc2ccccc2c1)C(=O)N[C@H](Cc1ccc(Cl)cc1)C(=O)N[C@H](Cc1ccccn1)C(=O)N[C@H](CC(C)C)C(=O)N[C@@H](CCCN=C(N)N)C(=O)N1CCC[C@H]1C(=O)N[C@H](C)C(N)=O. The monoisotopic (exact) mass is 1020 g/mol. The smallest absolute Gasteiger partial charge is 0.245 e. The standard InChI is InChI=1S/C52H67ClN12O8/c1-30(2)25-40(46(68)61-39(14-9-23-58-52(55)56)51(73)65-24-10-15-44(65)50(72)59-31(3)45(54)67)62-49(71)43(29-38-13-7-8-22-57-38)64-48(70)42(27-33-17-20-37(53)21-18-33)63-47(69)41(60-32(4)66)28-34-16-19-35-11-5-6-12-36(35)26-34/h5-8,11-13,16-22,26,30-31,39-44H,9-10,14-15,23-25,27-29H2,1-4H3,(H2,54,67)(H,59,72)(H,60,66)(H,61,68)(H,62,71)(H,63,69)(H,64,70)(H4,55,56,58)/t31-,39+,40-,41-,42-,43-,44+/m1/s1. The molecule has 7 atom stereocenters. The van der Waals surface area contributed by atoms with E-state index in [4.69, 9.17) is 28.8 Å². The van der Waals surface area contributed by atoms with E-state index >= 15 is 0 Å². The van der Waals surface area contributed by atoms with Gasteiger partial charge in [-0.2, -0.15) is 0 Å². The minimum Gasteiger partial charge on any atom is -0.370 e. The number of primary amides is 1. The van der Waals surface area contributed by atoms with Crippen molar-refractivity contribution < 1.29 is 38.4 Å². The van der Waals surface area contributed by atoms with Crippen molar-refractivity contribution in [1.29, 1.82) is 0 Å². The fourth-order valence-electron chi connectivity index (χ4n) is 8.50. The Labute approximate surface area is 429 Å². The van der Waals surface area contributed by atoms with Gasteiger partial charge in [-0.15, -0.1) is 0 Å². The number of benzene rings is 3. The summed E-state index contributed by atoms with van der Waals surface area (Å²) in [5.41, 5.74) is 18.3. The number of rotatable bonds is 25. The molecule has 0 bridgehead atoms. The van der Waals surface area contributed by atoms with Gasteiger partial charge in [0.05, 0.1) is 0 Å². The van der Waals surface area contributed by atoms with Crippen LogP contribution >= 0.6 is 11.6 Å². The second-order valence-corrected chi connectivity index (χ2v) is 19.1. The van der Waals surface area contributed by atoms with Gasteiger partial charge in [0.25, 0.3) is 0 Å². The number of nitrogens with zero attached hydrogens (tertiary/aromatic N) is 3. The van der Waals surface area contributed by atoms with E-state index in [2.05, 4.69) is 41.9 Å². The van der Waals surface area contributed by atoms with Crippen LogP contribution in [-0.4, -0.2) is 118 Å². The van der Waals surface area contributed by atoms with E-state index in [0.29, 0.717) is 29.1 Å². The van der Waals surface area contributed by atoms with Crippen molar-refractivity contribution in [2.24, 2.45) is 28.1 Å². The number of aliphatic imine (C=N–C) groups is 1. The molecule has 20 nitrogen and oxygen atoms in total. The summed E-state index contributed by atoms with van der Waals surface area (Å²) in [5, 5.41) is 18.9. The average molecular weight is 1020 g/mol. The van der Waals surface area contributed by atoms with Gasteiger partial charge in [0.1, 0.15) is 42.3 Å². The maximum absolute atomic E-state index is 14.6. The van der Waals surface area contributed by atoms with Crippen molar-refractivity contribution in [3.8, 4) is 0 Å². The third kappa shape index (κ3) is 17.6. The summed E-state index contributed by atoms with van der Waals surface area (Å²) < 4.78 is 0. The highest BCUT2D eigenvalue weighted by atomic mass is 35.5. The molecule has 1 aliphatic heterocycles. The molecule has 0 saturated carbocycles. The summed E-state index contributed by atoms with van der Waals surface area (Å²) in [5.74, 6) is -5.56. The lowest BCUT2D eigenvalue weighted by Gasteiger charge is -2.31. The van der Waals surface area contributed by atoms with Crippen LogP contribution in [0.1, 0.15) is 76.6 Å². The van der Waals surface area contributed by atoms with Crippen molar-refractivity contribution in [3.63, 3.8) is 0 Å². The van der Waals surface area contributed by atoms with Crippen molar-refractivity contribution in [2.75, 3.05) is 13.1 Å². The predicted octanol–water partition coefficient (Wildman–Crippen LogP) is 1.44. The minimum atomic E-state index is -1.36. The van der Waals surface area contributed by atoms with Gasteiger partial charge in [-0.25, -0.2) is 0 Å². The molecule has 1 aromatic heterocycles. The summed E-state index contributed by atoms with van der Waals surface area (Å²) >= 11 is 6.20. The predicted molar refractivity (Wildman–Crippen MR) is 277 cm³/mol. The number of aromatic nitrogens is 1. The van der Waals surface area contributed by atoms with E-state index in [1.807, 2.05) is 56.3 Å². The van der Waals surface area contributed by atoms with Crippen LogP contribution in [0, 0.1) is 5.92 Å². The van der Waals surface area contributed by atoms with E-state index in [-0.39, 0.29) is 63.5 Å². The van der Waals surface area contributed by atoms with Crippen LogP contribution in [0.15, 0.2) is 96.1 Å². The Kier molecular flexibility index (Phi) is 21.0. The molecule has 4 aromatic rings. The third-order valence-corrected chi connectivity index (χ3v) is 12.5. The van der Waals surface area contributed by atoms with Crippen molar-refractivity contribution in [1.82, 2.24) is 41.8 Å². The molecular weight excluding hydrogens is 956 g/mol. The summed E-state index contributed by atoms with van der Waals surface area (Å²) in [6.45, 7) is 6.73. The Bertz CT molecular complexity index is 2610. The van der Waals surface area contributed by atoms with Gasteiger partial charge in [0.15, 0.2) is 5.96 Å². The normalized spacial score (nSPS) is 15.6. The zero-order chi connectivity index (χ0) is 53.2. The van der Waals surface area contributed by atoms with Gasteiger partial charge >= 0.3 is 0 Å². The largest absolute Gasteiger partial charge is 0.370 e. The summed E-state index contributed by atoms with van der Waals surface area (Å²) in [6.07, 6.45) is 2.64. The van der Waals surface area contributed by atoms with Gasteiger partial charge in [0, 0.05) is 56.2 Å². The van der Waals surface area contributed by atoms with Crippen molar-refractivity contribution >= 4 is 75.6 Å². The quantitative estimate of drug-likeness (QED) is 0.0260. The Morgan fingerprint density at radius 1 is 0.685 bits per heavy atom. The lowest BCUT2D eigenvalue weighted by atomic mass is 9.99. The minimum absolute atomic E-state index is 0.0455. The Morgan fingerprint density at radius 3 is 1.88 bits per heavy atom. The lowest BCUT2D eigenvalue weighted by Crippen LogP contribution is -2.60. The number of carbonyl (C=O) groups is 8. The highest BCUT2D eigenvalue weighted by molar-refractivity contribution is 6.30. The number of hydrogen-bond donors (Lipinski definition) is 9. The number of guanidine groups is 1. The van der Waals surface area contributed by atoms with Gasteiger partial charge in [-0.1, -0.05) is 86.1 Å². The van der Waals surface area contributed by atoms with E-state index in [1.165, 1.54) is 24.9 Å². The Hall–Kier alpha value is -7.61. The molecule has 390 valence electrons. The molecule has 8 amide bonds. The Balaban J connectivity index is 1.41. The number of halogens is 1. The van der Waals surface area contributed by atoms with Gasteiger partial charge < -0.3 is 54.0 Å². The number of nitrogens with one attached hydrogen (secondary N) is 6. The molecule has 1 aliphatic rings. The molecule has 12 N–H and O–H groups in total. The number of nitrogens with two attached hydrogens (primary N) is 3. The average Bonchev–Trinajstić information content (AvgIpc) is 3.85. The van der Waals surface area contributed by atoms with Crippen LogP contribution in [0.25, 0.3) is 10.8 Å².